The first kappa shape index (κ1) is 22.4. The van der Waals surface area contributed by atoms with Gasteiger partial charge in [0.2, 0.25) is 0 Å². The molecule has 0 N–H and O–H groups in total. The maximum Gasteiger partial charge on any atom is 0.386 e. The summed E-state index contributed by atoms with van der Waals surface area (Å²) >= 11 is 0. The second-order valence-corrected chi connectivity index (χ2v) is 7.22. The monoisotopic (exact) mass is 450 g/mol. The lowest BCUT2D eigenvalue weighted by atomic mass is 9.84. The molecule has 166 valence electrons. The molecule has 0 amide bonds. The summed E-state index contributed by atoms with van der Waals surface area (Å²) < 4.78 is 0. The van der Waals surface area contributed by atoms with Crippen LogP contribution in [-0.2, 0) is 9.78 Å². The lowest BCUT2D eigenvalue weighted by Gasteiger charge is -2.16. The Morgan fingerprint density at radius 3 is 0.971 bits per heavy atom. The predicted molar refractivity (Wildman–Crippen MR) is 123 cm³/mol. The molecule has 0 bridgehead atoms. The average Bonchev–Trinajstić information content (AvgIpc) is 2.91. The van der Waals surface area contributed by atoms with Gasteiger partial charge in [0.1, 0.15) is 0 Å². The fourth-order valence-electron chi connectivity index (χ4n) is 3.37. The van der Waals surface area contributed by atoms with Crippen LogP contribution in [-0.4, -0.2) is 23.5 Å². The van der Waals surface area contributed by atoms with E-state index in [0.29, 0.717) is 33.4 Å². The van der Waals surface area contributed by atoms with Gasteiger partial charge in [0, 0.05) is 22.3 Å². The van der Waals surface area contributed by atoms with Crippen molar-refractivity contribution in [1.82, 2.24) is 0 Å². The summed E-state index contributed by atoms with van der Waals surface area (Å²) in [5.74, 6) is -1.55. The predicted octanol–water partition coefficient (Wildman–Crippen LogP) is 5.08. The maximum absolute atomic E-state index is 12.1. The van der Waals surface area contributed by atoms with Crippen molar-refractivity contribution in [3.05, 3.63) is 143 Å². The third-order valence-electron chi connectivity index (χ3n) is 5.04. The highest BCUT2D eigenvalue weighted by atomic mass is 17.2. The van der Waals surface area contributed by atoms with E-state index in [1.807, 2.05) is 0 Å². The molecule has 34 heavy (non-hydrogen) atoms. The summed E-state index contributed by atoms with van der Waals surface area (Å²) in [6.07, 6.45) is 0. The molecule has 0 aliphatic heterocycles. The Labute approximate surface area is 195 Å². The second kappa shape index (κ2) is 10.2. The van der Waals surface area contributed by atoms with Gasteiger partial charge in [-0.1, -0.05) is 84.9 Å². The van der Waals surface area contributed by atoms with Crippen molar-refractivity contribution >= 4 is 23.5 Å². The Kier molecular flexibility index (Phi) is 6.70. The van der Waals surface area contributed by atoms with Gasteiger partial charge in [-0.25, -0.2) is 19.4 Å². The number of rotatable bonds is 2. The lowest BCUT2D eigenvalue weighted by molar-refractivity contribution is -0.187. The molecule has 6 nitrogen and oxygen atoms in total. The normalized spacial score (nSPS) is 11.3. The fraction of sp³-hybridized carbons (Fsp3) is 0. The van der Waals surface area contributed by atoms with Gasteiger partial charge in [-0.15, -0.1) is 0 Å². The molecular weight excluding hydrogens is 432 g/mol. The number of hydrogen-bond donors (Lipinski definition) is 0. The molecule has 6 heteroatoms. The Morgan fingerprint density at radius 1 is 0.412 bits per heavy atom. The molecule has 0 fully saturated rings. The van der Waals surface area contributed by atoms with Crippen LogP contribution in [0.5, 0.6) is 0 Å². The highest BCUT2D eigenvalue weighted by Gasteiger charge is 2.28. The van der Waals surface area contributed by atoms with E-state index in [9.17, 15) is 19.2 Å². The van der Waals surface area contributed by atoms with E-state index in [1.54, 1.807) is 109 Å². The van der Waals surface area contributed by atoms with E-state index in [0.717, 1.165) is 0 Å². The first-order valence-electron chi connectivity index (χ1n) is 10.4. The number of hydrogen-bond acceptors (Lipinski definition) is 6. The highest BCUT2D eigenvalue weighted by molar-refractivity contribution is 6.28. The zero-order valence-electron chi connectivity index (χ0n) is 17.8. The van der Waals surface area contributed by atoms with E-state index in [4.69, 9.17) is 0 Å². The number of benzene rings is 4. The SMILES string of the molecule is O=C(OOC(=O)c1ccccc1)c1ccccc1.O=C1c2ccccc2C(=O)c2ccccc21. The van der Waals surface area contributed by atoms with Gasteiger partial charge >= 0.3 is 11.9 Å². The van der Waals surface area contributed by atoms with E-state index >= 15 is 0 Å². The lowest BCUT2D eigenvalue weighted by Crippen LogP contribution is -2.20. The zero-order chi connectivity index (χ0) is 23.9. The maximum atomic E-state index is 12.1. The molecule has 4 aromatic rings. The van der Waals surface area contributed by atoms with E-state index in [-0.39, 0.29) is 11.6 Å². The smallest absolute Gasteiger partial charge is 0.289 e. The van der Waals surface area contributed by atoms with Crippen molar-refractivity contribution < 1.29 is 29.0 Å². The number of carbonyl (C=O) groups is 4. The molecule has 0 spiro atoms. The summed E-state index contributed by atoms with van der Waals surface area (Å²) in [6, 6.07) is 30.5. The van der Waals surface area contributed by atoms with Gasteiger partial charge in [0.25, 0.3) is 0 Å². The number of fused-ring (bicyclic) bond motifs is 2. The third kappa shape index (κ3) is 4.81. The van der Waals surface area contributed by atoms with E-state index in [1.165, 1.54) is 0 Å². The van der Waals surface area contributed by atoms with Crippen LogP contribution in [0.4, 0.5) is 0 Å². The Hall–Kier alpha value is -4.84. The van der Waals surface area contributed by atoms with Crippen LogP contribution in [0.1, 0.15) is 52.6 Å². The number of ketones is 2. The summed E-state index contributed by atoms with van der Waals surface area (Å²) in [6.45, 7) is 0. The zero-order valence-corrected chi connectivity index (χ0v) is 17.8. The van der Waals surface area contributed by atoms with Crippen LogP contribution in [0.25, 0.3) is 0 Å². The summed E-state index contributed by atoms with van der Waals surface area (Å²) in [7, 11) is 0. The van der Waals surface area contributed by atoms with Crippen LogP contribution >= 0.6 is 0 Å². The largest absolute Gasteiger partial charge is 0.386 e. The molecule has 0 aromatic heterocycles. The van der Waals surface area contributed by atoms with Crippen molar-refractivity contribution in [3.8, 4) is 0 Å². The number of carbonyl (C=O) groups excluding carboxylic acids is 4. The van der Waals surface area contributed by atoms with Gasteiger partial charge in [-0.2, -0.15) is 0 Å². The minimum atomic E-state index is -0.708. The van der Waals surface area contributed by atoms with Crippen molar-refractivity contribution in [3.63, 3.8) is 0 Å². The molecule has 4 aromatic carbocycles. The minimum absolute atomic E-state index is 0.0641. The van der Waals surface area contributed by atoms with E-state index < -0.39 is 11.9 Å². The fourth-order valence-corrected chi connectivity index (χ4v) is 3.37. The summed E-state index contributed by atoms with van der Waals surface area (Å²) in [5.41, 5.74) is 2.66. The van der Waals surface area contributed by atoms with Gasteiger partial charge in [0.05, 0.1) is 11.1 Å². The molecule has 5 rings (SSSR count). The van der Waals surface area contributed by atoms with Crippen LogP contribution in [0, 0.1) is 0 Å². The molecule has 1 aliphatic carbocycles. The molecule has 0 heterocycles. The highest BCUT2D eigenvalue weighted by Crippen LogP contribution is 2.26. The summed E-state index contributed by atoms with van der Waals surface area (Å²) in [5, 5.41) is 0. The van der Waals surface area contributed by atoms with E-state index in [2.05, 4.69) is 9.78 Å². The van der Waals surface area contributed by atoms with Gasteiger partial charge in [-0.05, 0) is 24.3 Å². The topological polar surface area (TPSA) is 86.7 Å². The average molecular weight is 450 g/mol. The Bertz CT molecular complexity index is 1200. The standard InChI is InChI=1S/C14H10O4.C14H8O2/c15-13(11-7-3-1-4-8-11)17-18-14(16)12-9-5-2-6-10-12;15-13-9-5-1-2-6-10(9)14(16)12-8-4-3-7-11(12)13/h1-10H;1-8H. The van der Waals surface area contributed by atoms with Crippen LogP contribution < -0.4 is 0 Å². The molecule has 0 unspecified atom stereocenters. The van der Waals surface area contributed by atoms with Crippen LogP contribution in [0.3, 0.4) is 0 Å². The third-order valence-corrected chi connectivity index (χ3v) is 5.04. The molecule has 0 saturated carbocycles. The molecule has 0 radical (unpaired) electrons. The molecule has 0 atom stereocenters. The van der Waals surface area contributed by atoms with Crippen LogP contribution in [0.15, 0.2) is 109 Å². The van der Waals surface area contributed by atoms with Crippen molar-refractivity contribution in [2.24, 2.45) is 0 Å². The molecular formula is C28H18O6. The van der Waals surface area contributed by atoms with Crippen molar-refractivity contribution in [1.29, 1.82) is 0 Å². The van der Waals surface area contributed by atoms with Crippen molar-refractivity contribution in [2.45, 2.75) is 0 Å². The first-order valence-corrected chi connectivity index (χ1v) is 10.4. The van der Waals surface area contributed by atoms with Gasteiger partial charge < -0.3 is 0 Å². The first-order chi connectivity index (χ1) is 16.6. The summed E-state index contributed by atoms with van der Waals surface area (Å²) in [4.78, 5) is 56.1. The van der Waals surface area contributed by atoms with Crippen LogP contribution in [0.2, 0.25) is 0 Å². The van der Waals surface area contributed by atoms with Gasteiger partial charge in [0.15, 0.2) is 11.6 Å². The second-order valence-electron chi connectivity index (χ2n) is 7.22. The van der Waals surface area contributed by atoms with Crippen molar-refractivity contribution in [2.75, 3.05) is 0 Å². The molecule has 0 saturated heterocycles. The molecule has 1 aliphatic rings. The Morgan fingerprint density at radius 2 is 0.676 bits per heavy atom. The quantitative estimate of drug-likeness (QED) is 0.275. The Balaban J connectivity index is 0.000000162. The van der Waals surface area contributed by atoms with Gasteiger partial charge in [-0.3, -0.25) is 9.59 Å². The minimum Gasteiger partial charge on any atom is -0.289 e.